The van der Waals surface area contributed by atoms with Crippen molar-refractivity contribution in [3.05, 3.63) is 96.2 Å². The highest BCUT2D eigenvalue weighted by Gasteiger charge is 2.27. The molecule has 2 aromatic carbocycles. The molecule has 0 aliphatic carbocycles. The number of halogens is 1. The molecule has 8 nitrogen and oxygen atoms in total. The van der Waals surface area contributed by atoms with E-state index in [0.717, 1.165) is 17.7 Å². The number of amides is 1. The standard InChI is InChI=1S/C23H22FN5O3S/c24-18-10-4-5-11-20(18)33(31,32)28-19(16-17-8-2-1-3-9-17)23(30)25-14-13-22-27-26-21-12-6-7-15-29(21)22/h1-12,15,19,28H,13-14,16H2,(H,25,30)/t19-/m1/s1. The molecule has 1 atom stereocenters. The van der Waals surface area contributed by atoms with Crippen LogP contribution in [0.15, 0.2) is 83.9 Å². The van der Waals surface area contributed by atoms with Crippen LogP contribution in [-0.2, 0) is 27.7 Å². The molecular weight excluding hydrogens is 445 g/mol. The van der Waals surface area contributed by atoms with Gasteiger partial charge in [-0.05, 0) is 36.2 Å². The van der Waals surface area contributed by atoms with Crippen molar-refractivity contribution in [3.63, 3.8) is 0 Å². The van der Waals surface area contributed by atoms with Gasteiger partial charge in [0.15, 0.2) is 5.65 Å². The third-order valence-corrected chi connectivity index (χ3v) is 6.56. The summed E-state index contributed by atoms with van der Waals surface area (Å²) in [5.41, 5.74) is 1.45. The number of aromatic nitrogens is 3. The molecule has 4 rings (SSSR count). The number of sulfonamides is 1. The van der Waals surface area contributed by atoms with Gasteiger partial charge in [-0.15, -0.1) is 10.2 Å². The summed E-state index contributed by atoms with van der Waals surface area (Å²) in [5.74, 6) is -0.743. The van der Waals surface area contributed by atoms with Crippen LogP contribution in [0.25, 0.3) is 5.65 Å². The molecule has 0 spiro atoms. The first-order valence-corrected chi connectivity index (χ1v) is 11.8. The Morgan fingerprint density at radius 1 is 0.970 bits per heavy atom. The van der Waals surface area contributed by atoms with Gasteiger partial charge in [0.05, 0.1) is 0 Å². The van der Waals surface area contributed by atoms with Crippen LogP contribution in [0.5, 0.6) is 0 Å². The largest absolute Gasteiger partial charge is 0.354 e. The number of benzene rings is 2. The molecule has 2 aromatic heterocycles. The molecule has 33 heavy (non-hydrogen) atoms. The van der Waals surface area contributed by atoms with Crippen molar-refractivity contribution >= 4 is 21.6 Å². The van der Waals surface area contributed by atoms with Gasteiger partial charge in [0, 0.05) is 19.2 Å². The molecule has 2 N–H and O–H groups in total. The van der Waals surface area contributed by atoms with E-state index in [-0.39, 0.29) is 13.0 Å². The quantitative estimate of drug-likeness (QED) is 0.392. The highest BCUT2D eigenvalue weighted by atomic mass is 32.2. The Labute approximate surface area is 190 Å². The molecule has 10 heteroatoms. The summed E-state index contributed by atoms with van der Waals surface area (Å²) in [4.78, 5) is 12.5. The third-order valence-electron chi connectivity index (χ3n) is 5.05. The highest BCUT2D eigenvalue weighted by molar-refractivity contribution is 7.89. The monoisotopic (exact) mass is 467 g/mol. The second kappa shape index (κ2) is 9.88. The van der Waals surface area contributed by atoms with Gasteiger partial charge in [-0.2, -0.15) is 4.72 Å². The Hall–Kier alpha value is -3.63. The number of nitrogens with zero attached hydrogens (tertiary/aromatic N) is 3. The summed E-state index contributed by atoms with van der Waals surface area (Å²) >= 11 is 0. The van der Waals surface area contributed by atoms with Crippen molar-refractivity contribution in [2.45, 2.75) is 23.8 Å². The van der Waals surface area contributed by atoms with E-state index < -0.39 is 32.7 Å². The van der Waals surface area contributed by atoms with Crippen molar-refractivity contribution in [1.82, 2.24) is 24.6 Å². The molecule has 0 aliphatic heterocycles. The van der Waals surface area contributed by atoms with Gasteiger partial charge >= 0.3 is 0 Å². The van der Waals surface area contributed by atoms with Crippen LogP contribution >= 0.6 is 0 Å². The van der Waals surface area contributed by atoms with Gasteiger partial charge in [-0.1, -0.05) is 48.5 Å². The Bertz CT molecular complexity index is 1360. The first kappa shape index (κ1) is 22.6. The number of carbonyl (C=O) groups is 1. The maximum atomic E-state index is 14.1. The summed E-state index contributed by atoms with van der Waals surface area (Å²) in [6, 6.07) is 18.4. The minimum atomic E-state index is -4.26. The van der Waals surface area contributed by atoms with Crippen molar-refractivity contribution in [2.75, 3.05) is 6.54 Å². The smallest absolute Gasteiger partial charge is 0.244 e. The summed E-state index contributed by atoms with van der Waals surface area (Å²) in [6.45, 7) is 0.223. The second-order valence-corrected chi connectivity index (χ2v) is 9.06. The lowest BCUT2D eigenvalue weighted by molar-refractivity contribution is -0.122. The number of hydrogen-bond acceptors (Lipinski definition) is 5. The van der Waals surface area contributed by atoms with Gasteiger partial charge < -0.3 is 5.32 Å². The van der Waals surface area contributed by atoms with Crippen LogP contribution in [0.1, 0.15) is 11.4 Å². The van der Waals surface area contributed by atoms with Gasteiger partial charge in [0.25, 0.3) is 0 Å². The number of hydrogen-bond donors (Lipinski definition) is 2. The van der Waals surface area contributed by atoms with Crippen molar-refractivity contribution in [1.29, 1.82) is 0 Å². The van der Waals surface area contributed by atoms with E-state index in [0.29, 0.717) is 17.9 Å². The maximum Gasteiger partial charge on any atom is 0.244 e. The Kier molecular flexibility index (Phi) is 6.76. The topological polar surface area (TPSA) is 105 Å². The lowest BCUT2D eigenvalue weighted by Gasteiger charge is -2.19. The van der Waals surface area contributed by atoms with Crippen LogP contribution in [-0.4, -0.2) is 41.5 Å². The highest BCUT2D eigenvalue weighted by Crippen LogP contribution is 2.15. The molecule has 0 aliphatic rings. The SMILES string of the molecule is O=C(NCCc1nnc2ccccn12)[C@@H](Cc1ccccc1)NS(=O)(=O)c1ccccc1F. The minimum absolute atomic E-state index is 0.105. The molecule has 170 valence electrons. The lowest BCUT2D eigenvalue weighted by atomic mass is 10.1. The Morgan fingerprint density at radius 3 is 2.48 bits per heavy atom. The number of pyridine rings is 1. The number of carbonyl (C=O) groups excluding carboxylic acids is 1. The van der Waals surface area contributed by atoms with Crippen LogP contribution in [0.3, 0.4) is 0 Å². The summed E-state index contributed by atoms with van der Waals surface area (Å²) in [7, 11) is -4.26. The zero-order chi connectivity index (χ0) is 23.3. The summed E-state index contributed by atoms with van der Waals surface area (Å²) in [5, 5.41) is 10.9. The molecule has 4 aromatic rings. The molecular formula is C23H22FN5O3S. The third kappa shape index (κ3) is 5.41. The molecule has 2 heterocycles. The van der Waals surface area contributed by atoms with E-state index in [1.165, 1.54) is 12.1 Å². The van der Waals surface area contributed by atoms with E-state index in [4.69, 9.17) is 0 Å². The van der Waals surface area contributed by atoms with Crippen molar-refractivity contribution in [2.24, 2.45) is 0 Å². The number of fused-ring (bicyclic) bond motifs is 1. The molecule has 0 saturated carbocycles. The summed E-state index contributed by atoms with van der Waals surface area (Å²) in [6.07, 6.45) is 2.33. The molecule has 0 fully saturated rings. The second-order valence-electron chi connectivity index (χ2n) is 7.38. The van der Waals surface area contributed by atoms with Crippen LogP contribution in [0.4, 0.5) is 4.39 Å². The van der Waals surface area contributed by atoms with Gasteiger partial charge in [-0.25, -0.2) is 12.8 Å². The fourth-order valence-corrected chi connectivity index (χ4v) is 4.71. The normalized spacial score (nSPS) is 12.5. The lowest BCUT2D eigenvalue weighted by Crippen LogP contribution is -2.48. The van der Waals surface area contributed by atoms with Crippen LogP contribution < -0.4 is 10.0 Å². The minimum Gasteiger partial charge on any atom is -0.354 e. The zero-order valence-corrected chi connectivity index (χ0v) is 18.4. The van der Waals surface area contributed by atoms with Crippen molar-refractivity contribution < 1.29 is 17.6 Å². The first-order valence-electron chi connectivity index (χ1n) is 10.3. The fourth-order valence-electron chi connectivity index (χ4n) is 3.43. The Morgan fingerprint density at radius 2 is 1.70 bits per heavy atom. The van der Waals surface area contributed by atoms with E-state index in [1.54, 1.807) is 24.3 Å². The average molecular weight is 468 g/mol. The van der Waals surface area contributed by atoms with E-state index in [1.807, 2.05) is 34.9 Å². The fraction of sp³-hybridized carbons (Fsp3) is 0.174. The van der Waals surface area contributed by atoms with Gasteiger partial charge in [0.2, 0.25) is 15.9 Å². The predicted molar refractivity (Wildman–Crippen MR) is 120 cm³/mol. The molecule has 0 radical (unpaired) electrons. The first-order chi connectivity index (χ1) is 15.9. The van der Waals surface area contributed by atoms with Gasteiger partial charge in [0.1, 0.15) is 22.6 Å². The Balaban J connectivity index is 1.49. The van der Waals surface area contributed by atoms with E-state index in [2.05, 4.69) is 20.2 Å². The molecule has 0 saturated heterocycles. The van der Waals surface area contributed by atoms with Crippen LogP contribution in [0, 0.1) is 5.82 Å². The van der Waals surface area contributed by atoms with Gasteiger partial charge in [-0.3, -0.25) is 9.20 Å². The van der Waals surface area contributed by atoms with Crippen LogP contribution in [0.2, 0.25) is 0 Å². The molecule has 1 amide bonds. The molecule has 0 unspecified atom stereocenters. The zero-order valence-electron chi connectivity index (χ0n) is 17.6. The van der Waals surface area contributed by atoms with E-state index >= 15 is 0 Å². The maximum absolute atomic E-state index is 14.1. The molecule has 0 bridgehead atoms. The predicted octanol–water partition coefficient (Wildman–Crippen LogP) is 2.12. The van der Waals surface area contributed by atoms with E-state index in [9.17, 15) is 17.6 Å². The average Bonchev–Trinajstić information content (AvgIpc) is 3.22. The summed E-state index contributed by atoms with van der Waals surface area (Å²) < 4.78 is 43.9. The number of rotatable bonds is 9. The number of nitrogens with one attached hydrogen (secondary N) is 2. The van der Waals surface area contributed by atoms with Crippen molar-refractivity contribution in [3.8, 4) is 0 Å².